The Hall–Kier alpha value is -2.36. The van der Waals surface area contributed by atoms with Gasteiger partial charge in [0.2, 0.25) is 5.89 Å². The molecule has 104 valence electrons. The molecule has 4 nitrogen and oxygen atoms in total. The Labute approximate surface area is 118 Å². The van der Waals surface area contributed by atoms with Crippen LogP contribution in [0.25, 0.3) is 11.5 Å². The Morgan fingerprint density at radius 3 is 2.80 bits per heavy atom. The zero-order chi connectivity index (χ0) is 14.4. The summed E-state index contributed by atoms with van der Waals surface area (Å²) in [6.07, 6.45) is 3.74. The minimum atomic E-state index is -0.306. The van der Waals surface area contributed by atoms with E-state index >= 15 is 0 Å². The smallest absolute Gasteiger partial charge is 0.312 e. The van der Waals surface area contributed by atoms with Gasteiger partial charge in [-0.2, -0.15) is 0 Å². The number of nitrogens with zero attached hydrogens (tertiary/aromatic N) is 1. The highest BCUT2D eigenvalue weighted by atomic mass is 16.5. The lowest BCUT2D eigenvalue weighted by molar-refractivity contribution is -0.141. The number of ether oxygens (including phenoxy) is 1. The Morgan fingerprint density at radius 1 is 1.35 bits per heavy atom. The van der Waals surface area contributed by atoms with E-state index in [9.17, 15) is 4.79 Å². The monoisotopic (exact) mass is 271 g/mol. The van der Waals surface area contributed by atoms with Gasteiger partial charge in [-0.05, 0) is 26.0 Å². The average Bonchev–Trinajstić information content (AvgIpc) is 2.81. The van der Waals surface area contributed by atoms with Crippen molar-refractivity contribution >= 4 is 5.97 Å². The van der Waals surface area contributed by atoms with E-state index in [0.717, 1.165) is 5.56 Å². The molecule has 0 spiro atoms. The fourth-order valence-corrected chi connectivity index (χ4v) is 1.72. The normalized spacial score (nSPS) is 10.9. The van der Waals surface area contributed by atoms with Crippen molar-refractivity contribution in [1.29, 1.82) is 0 Å². The van der Waals surface area contributed by atoms with Gasteiger partial charge in [0.25, 0.3) is 0 Å². The number of oxazole rings is 1. The predicted octanol–water partition coefficient (Wildman–Crippen LogP) is 3.31. The van der Waals surface area contributed by atoms with Gasteiger partial charge in [0, 0.05) is 5.56 Å². The van der Waals surface area contributed by atoms with Crippen LogP contribution in [0.4, 0.5) is 0 Å². The zero-order valence-electron chi connectivity index (χ0n) is 11.6. The van der Waals surface area contributed by atoms with Crippen LogP contribution < -0.4 is 0 Å². The number of hydrogen-bond donors (Lipinski definition) is 0. The Kier molecular flexibility index (Phi) is 4.71. The van der Waals surface area contributed by atoms with E-state index in [0.29, 0.717) is 17.3 Å². The minimum Gasteiger partial charge on any atom is -0.461 e. The standard InChI is InChI=1S/C16H17NO3/c1-3-4-10-19-15(18)11-14-12(2)20-16(17-14)13-8-6-5-7-9-13/h3-9H,10-11H2,1-2H3. The molecule has 0 aliphatic rings. The lowest BCUT2D eigenvalue weighted by Crippen LogP contribution is -2.09. The van der Waals surface area contributed by atoms with Gasteiger partial charge in [0.05, 0.1) is 12.1 Å². The van der Waals surface area contributed by atoms with Crippen LogP contribution in [0.2, 0.25) is 0 Å². The number of aryl methyl sites for hydroxylation is 1. The van der Waals surface area contributed by atoms with Crippen molar-refractivity contribution in [3.63, 3.8) is 0 Å². The van der Waals surface area contributed by atoms with Gasteiger partial charge in [-0.1, -0.05) is 30.4 Å². The summed E-state index contributed by atoms with van der Waals surface area (Å²) < 4.78 is 10.6. The largest absolute Gasteiger partial charge is 0.461 e. The van der Waals surface area contributed by atoms with Gasteiger partial charge in [-0.15, -0.1) is 0 Å². The molecular weight excluding hydrogens is 254 g/mol. The van der Waals surface area contributed by atoms with Crippen molar-refractivity contribution in [2.24, 2.45) is 0 Å². The molecule has 0 aliphatic carbocycles. The maximum absolute atomic E-state index is 11.6. The van der Waals surface area contributed by atoms with Gasteiger partial charge in [0.1, 0.15) is 12.4 Å². The molecule has 0 atom stereocenters. The van der Waals surface area contributed by atoms with Crippen molar-refractivity contribution < 1.29 is 13.9 Å². The predicted molar refractivity (Wildman–Crippen MR) is 76.2 cm³/mol. The number of carbonyl (C=O) groups is 1. The summed E-state index contributed by atoms with van der Waals surface area (Å²) in [5.41, 5.74) is 1.51. The lowest BCUT2D eigenvalue weighted by Gasteiger charge is -1.99. The summed E-state index contributed by atoms with van der Waals surface area (Å²) in [5.74, 6) is 0.866. The molecule has 0 amide bonds. The van der Waals surface area contributed by atoms with Crippen LogP contribution in [0.3, 0.4) is 0 Å². The fraction of sp³-hybridized carbons (Fsp3) is 0.250. The summed E-state index contributed by atoms with van der Waals surface area (Å²) in [6, 6.07) is 9.59. The maximum Gasteiger partial charge on any atom is 0.312 e. The number of allylic oxidation sites excluding steroid dienone is 1. The second-order valence-corrected chi connectivity index (χ2v) is 4.32. The van der Waals surface area contributed by atoms with E-state index in [1.807, 2.05) is 43.3 Å². The maximum atomic E-state index is 11.6. The van der Waals surface area contributed by atoms with Gasteiger partial charge < -0.3 is 9.15 Å². The number of aromatic nitrogens is 1. The van der Waals surface area contributed by atoms with Crippen LogP contribution in [-0.4, -0.2) is 17.6 Å². The molecule has 0 radical (unpaired) electrons. The summed E-state index contributed by atoms with van der Waals surface area (Å²) >= 11 is 0. The van der Waals surface area contributed by atoms with E-state index in [1.165, 1.54) is 0 Å². The number of rotatable bonds is 5. The number of esters is 1. The van der Waals surface area contributed by atoms with Crippen molar-refractivity contribution in [2.75, 3.05) is 6.61 Å². The SMILES string of the molecule is CC=CCOC(=O)Cc1nc(-c2ccccc2)oc1C. The van der Waals surface area contributed by atoms with Crippen LogP contribution in [0.1, 0.15) is 18.4 Å². The molecule has 1 heterocycles. The van der Waals surface area contributed by atoms with Gasteiger partial charge in [0.15, 0.2) is 0 Å². The molecule has 0 bridgehead atoms. The number of carbonyl (C=O) groups excluding carboxylic acids is 1. The van der Waals surface area contributed by atoms with E-state index in [4.69, 9.17) is 9.15 Å². The first kappa shape index (κ1) is 14.1. The third-order valence-corrected chi connectivity index (χ3v) is 2.80. The summed E-state index contributed by atoms with van der Waals surface area (Å²) in [4.78, 5) is 16.0. The Balaban J connectivity index is 2.06. The topological polar surface area (TPSA) is 52.3 Å². The Bertz CT molecular complexity index is 599. The van der Waals surface area contributed by atoms with Crippen LogP contribution >= 0.6 is 0 Å². The molecule has 1 aromatic heterocycles. The number of hydrogen-bond acceptors (Lipinski definition) is 4. The molecule has 0 fully saturated rings. The molecule has 1 aromatic carbocycles. The summed E-state index contributed by atoms with van der Waals surface area (Å²) in [6.45, 7) is 3.97. The minimum absolute atomic E-state index is 0.125. The molecule has 4 heteroatoms. The van der Waals surface area contributed by atoms with Crippen molar-refractivity contribution in [3.05, 3.63) is 53.9 Å². The quantitative estimate of drug-likeness (QED) is 0.618. The highest BCUT2D eigenvalue weighted by Crippen LogP contribution is 2.21. The lowest BCUT2D eigenvalue weighted by atomic mass is 10.2. The fourth-order valence-electron chi connectivity index (χ4n) is 1.72. The molecule has 2 rings (SSSR count). The molecule has 0 saturated heterocycles. The molecule has 0 unspecified atom stereocenters. The van der Waals surface area contributed by atoms with Crippen LogP contribution in [0.5, 0.6) is 0 Å². The van der Waals surface area contributed by atoms with E-state index in [1.54, 1.807) is 13.0 Å². The van der Waals surface area contributed by atoms with Gasteiger partial charge >= 0.3 is 5.97 Å². The van der Waals surface area contributed by atoms with Crippen LogP contribution in [0, 0.1) is 6.92 Å². The summed E-state index contributed by atoms with van der Waals surface area (Å²) in [5, 5.41) is 0. The van der Waals surface area contributed by atoms with E-state index < -0.39 is 0 Å². The highest BCUT2D eigenvalue weighted by Gasteiger charge is 2.15. The van der Waals surface area contributed by atoms with Crippen molar-refractivity contribution in [3.8, 4) is 11.5 Å². The van der Waals surface area contributed by atoms with E-state index in [-0.39, 0.29) is 19.0 Å². The molecule has 0 aliphatic heterocycles. The number of benzene rings is 1. The second-order valence-electron chi connectivity index (χ2n) is 4.32. The van der Waals surface area contributed by atoms with Crippen LogP contribution in [-0.2, 0) is 16.0 Å². The van der Waals surface area contributed by atoms with Crippen molar-refractivity contribution in [1.82, 2.24) is 4.98 Å². The van der Waals surface area contributed by atoms with Crippen LogP contribution in [0.15, 0.2) is 46.9 Å². The molecule has 0 saturated carbocycles. The molecule has 20 heavy (non-hydrogen) atoms. The highest BCUT2D eigenvalue weighted by molar-refractivity contribution is 5.72. The third-order valence-electron chi connectivity index (χ3n) is 2.80. The third kappa shape index (κ3) is 3.57. The first-order chi connectivity index (χ1) is 9.70. The average molecular weight is 271 g/mol. The van der Waals surface area contributed by atoms with Crippen molar-refractivity contribution in [2.45, 2.75) is 20.3 Å². The Morgan fingerprint density at radius 2 is 2.10 bits per heavy atom. The van der Waals surface area contributed by atoms with Gasteiger partial charge in [-0.25, -0.2) is 4.98 Å². The summed E-state index contributed by atoms with van der Waals surface area (Å²) in [7, 11) is 0. The van der Waals surface area contributed by atoms with Gasteiger partial charge in [-0.3, -0.25) is 4.79 Å². The second kappa shape index (κ2) is 6.70. The molecular formula is C16H17NO3. The first-order valence-electron chi connectivity index (χ1n) is 6.49. The van der Waals surface area contributed by atoms with E-state index in [2.05, 4.69) is 4.98 Å². The first-order valence-corrected chi connectivity index (χ1v) is 6.49. The molecule has 2 aromatic rings. The molecule has 0 N–H and O–H groups in total. The zero-order valence-corrected chi connectivity index (χ0v) is 11.6.